The van der Waals surface area contributed by atoms with Gasteiger partial charge in [0.15, 0.2) is 0 Å². The van der Waals surface area contributed by atoms with E-state index < -0.39 is 23.9 Å². The van der Waals surface area contributed by atoms with E-state index in [4.69, 9.17) is 10.8 Å². The third kappa shape index (κ3) is 10.0. The van der Waals surface area contributed by atoms with Crippen LogP contribution >= 0.6 is 0 Å². The Morgan fingerprint density at radius 2 is 1.48 bits per heavy atom. The number of nitrogens with two attached hydrogens (primary N) is 1. The summed E-state index contributed by atoms with van der Waals surface area (Å²) in [5.41, 5.74) is 8.34. The molecule has 0 aliphatic heterocycles. The van der Waals surface area contributed by atoms with Crippen LogP contribution in [0.3, 0.4) is 0 Å². The number of benzene rings is 3. The molecule has 9 nitrogen and oxygen atoms in total. The Hall–Kier alpha value is -4.51. The summed E-state index contributed by atoms with van der Waals surface area (Å²) in [6, 6.07) is 18.0. The Morgan fingerprint density at radius 1 is 0.909 bits per heavy atom. The van der Waals surface area contributed by atoms with E-state index in [9.17, 15) is 28.3 Å². The fraction of sp³-hybridized carbons (Fsp3) is 0.364. The number of likely N-dealkylation sites (N-methyl/N-ethyl adjacent to an activating group) is 1. The summed E-state index contributed by atoms with van der Waals surface area (Å²) >= 11 is 0. The maximum Gasteiger partial charge on any atom is 0.405 e. The molecule has 44 heavy (non-hydrogen) atoms. The van der Waals surface area contributed by atoms with Gasteiger partial charge in [-0.15, -0.1) is 0 Å². The maximum atomic E-state index is 13.4. The summed E-state index contributed by atoms with van der Waals surface area (Å²) in [6.07, 6.45) is 5.08. The van der Waals surface area contributed by atoms with Crippen LogP contribution < -0.4 is 16.0 Å². The lowest BCUT2D eigenvalue weighted by Crippen LogP contribution is -2.44. The van der Waals surface area contributed by atoms with E-state index in [0.29, 0.717) is 30.3 Å². The number of anilines is 1. The highest BCUT2D eigenvalue weighted by atomic mass is 19.1. The van der Waals surface area contributed by atoms with Crippen LogP contribution in [0.1, 0.15) is 67.7 Å². The highest BCUT2D eigenvalue weighted by molar-refractivity contribution is 5.92. The Kier molecular flexibility index (Phi) is 13.1. The highest BCUT2D eigenvalue weighted by Crippen LogP contribution is 2.33. The Morgan fingerprint density at radius 3 is 1.98 bits per heavy atom. The van der Waals surface area contributed by atoms with Crippen LogP contribution in [-0.4, -0.2) is 52.8 Å². The number of urea groups is 1. The average molecular weight is 611 g/mol. The quantitative estimate of drug-likeness (QED) is 0.226. The molecule has 1 aliphatic rings. The first-order valence-corrected chi connectivity index (χ1v) is 14.7. The number of carbonyl (C=O) groups excluding carboxylic acids is 2. The van der Waals surface area contributed by atoms with E-state index in [1.165, 1.54) is 61.9 Å². The summed E-state index contributed by atoms with van der Waals surface area (Å²) in [7, 11) is 0. The third-order valence-electron chi connectivity index (χ3n) is 7.54. The van der Waals surface area contributed by atoms with Crippen molar-refractivity contribution in [3.05, 3.63) is 101 Å². The molecule has 3 aromatic rings. The number of carbonyl (C=O) groups is 3. The number of aliphatic hydroxyl groups excluding tert-OH is 1. The van der Waals surface area contributed by atoms with E-state index in [2.05, 4.69) is 24.3 Å². The van der Waals surface area contributed by atoms with E-state index in [0.717, 1.165) is 17.7 Å². The summed E-state index contributed by atoms with van der Waals surface area (Å²) in [4.78, 5) is 37.6. The van der Waals surface area contributed by atoms with Crippen molar-refractivity contribution in [2.24, 2.45) is 5.73 Å². The topological polar surface area (TPSA) is 136 Å². The molecule has 1 atom stereocenters. The third-order valence-corrected chi connectivity index (χ3v) is 7.54. The second-order valence-electron chi connectivity index (χ2n) is 10.6. The predicted molar refractivity (Wildman–Crippen MR) is 164 cm³/mol. The molecule has 0 spiro atoms. The van der Waals surface area contributed by atoms with Crippen LogP contribution in [0.25, 0.3) is 0 Å². The zero-order chi connectivity index (χ0) is 32.1. The van der Waals surface area contributed by atoms with Crippen LogP contribution in [0, 0.1) is 11.6 Å². The number of amides is 4. The van der Waals surface area contributed by atoms with E-state index in [1.54, 1.807) is 21.9 Å². The first kappa shape index (κ1) is 34.0. The van der Waals surface area contributed by atoms with Crippen molar-refractivity contribution in [1.82, 2.24) is 10.2 Å². The van der Waals surface area contributed by atoms with Crippen LogP contribution in [-0.2, 0) is 11.3 Å². The molecule has 4 amide bonds. The number of rotatable bonds is 10. The molecule has 3 aromatic carbocycles. The molecule has 1 aliphatic carbocycles. The lowest BCUT2D eigenvalue weighted by Gasteiger charge is -2.30. The predicted octanol–water partition coefficient (Wildman–Crippen LogP) is 5.93. The van der Waals surface area contributed by atoms with Crippen molar-refractivity contribution in [2.45, 2.75) is 57.5 Å². The number of nitrogens with zero attached hydrogens (tertiary/aromatic N) is 2. The largest absolute Gasteiger partial charge is 0.465 e. The average Bonchev–Trinajstić information content (AvgIpc) is 3.03. The summed E-state index contributed by atoms with van der Waals surface area (Å²) in [5.74, 6) is -1.00. The van der Waals surface area contributed by atoms with Gasteiger partial charge in [0.05, 0.1) is 13.2 Å². The van der Waals surface area contributed by atoms with Gasteiger partial charge in [-0.05, 0) is 78.8 Å². The molecule has 0 saturated heterocycles. The van der Waals surface area contributed by atoms with Crippen LogP contribution in [0.4, 0.5) is 24.1 Å². The van der Waals surface area contributed by atoms with Crippen molar-refractivity contribution in [1.29, 1.82) is 0 Å². The van der Waals surface area contributed by atoms with Crippen LogP contribution in [0.5, 0.6) is 0 Å². The van der Waals surface area contributed by atoms with Gasteiger partial charge in [0, 0.05) is 18.8 Å². The highest BCUT2D eigenvalue weighted by Gasteiger charge is 2.23. The number of carboxylic acid groups (broad SMARTS) is 1. The zero-order valence-electron chi connectivity index (χ0n) is 24.8. The van der Waals surface area contributed by atoms with Gasteiger partial charge in [-0.25, -0.2) is 18.4 Å². The number of nitrogens with one attached hydrogen (secondary N) is 1. The minimum absolute atomic E-state index is 0.0904. The molecule has 11 heteroatoms. The van der Waals surface area contributed by atoms with Crippen molar-refractivity contribution in [3.8, 4) is 0 Å². The number of halogens is 2. The molecule has 1 saturated carbocycles. The van der Waals surface area contributed by atoms with Gasteiger partial charge in [0.2, 0.25) is 5.91 Å². The molecule has 1 fully saturated rings. The van der Waals surface area contributed by atoms with Crippen molar-refractivity contribution in [2.75, 3.05) is 24.6 Å². The molecule has 0 heterocycles. The normalized spacial score (nSPS) is 13.6. The number of primary amides is 1. The van der Waals surface area contributed by atoms with Gasteiger partial charge in [-0.3, -0.25) is 9.69 Å². The van der Waals surface area contributed by atoms with Gasteiger partial charge in [-0.1, -0.05) is 55.7 Å². The summed E-state index contributed by atoms with van der Waals surface area (Å²) in [5, 5.41) is 19.7. The van der Waals surface area contributed by atoms with Gasteiger partial charge < -0.3 is 26.2 Å². The smallest absolute Gasteiger partial charge is 0.405 e. The molecular formula is C33H40F2N4O5. The fourth-order valence-corrected chi connectivity index (χ4v) is 5.18. The van der Waals surface area contributed by atoms with Gasteiger partial charge in [0.1, 0.15) is 17.7 Å². The molecule has 0 aromatic heterocycles. The van der Waals surface area contributed by atoms with Crippen LogP contribution in [0.2, 0.25) is 0 Å². The molecule has 0 bridgehead atoms. The van der Waals surface area contributed by atoms with E-state index in [-0.39, 0.29) is 25.0 Å². The molecule has 4 rings (SSSR count). The van der Waals surface area contributed by atoms with Gasteiger partial charge >= 0.3 is 12.1 Å². The number of hydrogen-bond acceptors (Lipinski definition) is 4. The zero-order valence-corrected chi connectivity index (χ0v) is 24.8. The standard InChI is InChI=1S/C24H31FN2O2.C9H9FN2O3/c1-2-26(16-17-28)24(29)27(23-14-12-22(25)13-15-23)18-19-8-10-21(11-9-19)20-6-4-3-5-7-20;10-6-3-1-5(2-4-6)7(8(11)13)12-9(14)15/h8-15,20,28H,2-7,16-18H2,1H3;1-4,7,12H,(H2,11,13)(H,14,15)/t;7-/m.0/s1. The minimum Gasteiger partial charge on any atom is -0.465 e. The summed E-state index contributed by atoms with van der Waals surface area (Å²) in [6.45, 7) is 2.96. The second kappa shape index (κ2) is 17.0. The fourth-order valence-electron chi connectivity index (χ4n) is 5.18. The van der Waals surface area contributed by atoms with Gasteiger partial charge in [-0.2, -0.15) is 0 Å². The molecule has 236 valence electrons. The Labute approximate surface area is 256 Å². The SMILES string of the molecule is CCN(CCO)C(=O)N(Cc1ccc(C2CCCCC2)cc1)c1ccc(F)cc1.NC(=O)[C@@H](NC(=O)O)c1ccc(F)cc1. The monoisotopic (exact) mass is 610 g/mol. The maximum absolute atomic E-state index is 13.4. The molecule has 0 unspecified atom stereocenters. The Balaban J connectivity index is 0.000000297. The van der Waals surface area contributed by atoms with Gasteiger partial charge in [0.25, 0.3) is 0 Å². The first-order chi connectivity index (χ1) is 21.1. The van der Waals surface area contributed by atoms with E-state index >= 15 is 0 Å². The van der Waals surface area contributed by atoms with E-state index in [1.807, 2.05) is 12.2 Å². The molecule has 0 radical (unpaired) electrons. The number of hydrogen-bond donors (Lipinski definition) is 4. The van der Waals surface area contributed by atoms with Crippen molar-refractivity contribution in [3.63, 3.8) is 0 Å². The molecule has 5 N–H and O–H groups in total. The molecular weight excluding hydrogens is 570 g/mol. The first-order valence-electron chi connectivity index (χ1n) is 14.7. The van der Waals surface area contributed by atoms with Crippen molar-refractivity contribution >= 4 is 23.7 Å². The second-order valence-corrected chi connectivity index (χ2v) is 10.6. The van der Waals surface area contributed by atoms with Crippen molar-refractivity contribution < 1.29 is 33.4 Å². The van der Waals surface area contributed by atoms with Crippen LogP contribution in [0.15, 0.2) is 72.8 Å². The lowest BCUT2D eigenvalue weighted by molar-refractivity contribution is -0.120. The summed E-state index contributed by atoms with van der Waals surface area (Å²) < 4.78 is 26.0. The Bertz CT molecular complexity index is 1350. The lowest BCUT2D eigenvalue weighted by atomic mass is 9.84. The number of aliphatic hydroxyl groups is 1. The minimum atomic E-state index is -1.37.